The number of hydrogen-bond acceptors (Lipinski definition) is 6. The van der Waals surface area contributed by atoms with Gasteiger partial charge in [-0.25, -0.2) is 13.2 Å². The zero-order valence-corrected chi connectivity index (χ0v) is 16.2. The Hall–Kier alpha value is -1.51. The van der Waals surface area contributed by atoms with Gasteiger partial charge in [0.2, 0.25) is 0 Å². The molecule has 6 nitrogen and oxygen atoms in total. The highest BCUT2D eigenvalue weighted by molar-refractivity contribution is 7.92. The maximum absolute atomic E-state index is 12.9. The third-order valence-corrected chi connectivity index (χ3v) is 7.05. The summed E-state index contributed by atoms with van der Waals surface area (Å²) in [6.07, 6.45) is -0.0000367. The minimum atomic E-state index is -3.76. The van der Waals surface area contributed by atoms with E-state index in [2.05, 4.69) is 0 Å². The van der Waals surface area contributed by atoms with E-state index in [0.717, 1.165) is 0 Å². The molecule has 1 aliphatic rings. The number of rotatable bonds is 5. The van der Waals surface area contributed by atoms with Crippen LogP contribution in [0.3, 0.4) is 0 Å². The molecule has 1 aromatic carbocycles. The van der Waals surface area contributed by atoms with Crippen LogP contribution in [0, 0.1) is 0 Å². The van der Waals surface area contributed by atoms with E-state index in [1.54, 1.807) is 12.1 Å². The van der Waals surface area contributed by atoms with E-state index in [1.807, 2.05) is 0 Å². The van der Waals surface area contributed by atoms with E-state index >= 15 is 0 Å². The summed E-state index contributed by atoms with van der Waals surface area (Å²) in [6.45, 7) is 1.40. The molecule has 0 saturated carbocycles. The number of nitrogens with zero attached hydrogens (tertiary/aromatic N) is 1. The zero-order chi connectivity index (χ0) is 18.8. The number of thiocarbonyl (C=S) groups is 1. The Labute approximate surface area is 157 Å². The Kier molecular flexibility index (Phi) is 6.18. The molecule has 25 heavy (non-hydrogen) atoms. The summed E-state index contributed by atoms with van der Waals surface area (Å²) >= 11 is 11.3. The Morgan fingerprint density at radius 2 is 2.00 bits per heavy atom. The van der Waals surface area contributed by atoms with Crippen molar-refractivity contribution in [2.24, 2.45) is 0 Å². The number of hydrogen-bond donors (Lipinski definition) is 0. The molecule has 0 N–H and O–H groups in total. The summed E-state index contributed by atoms with van der Waals surface area (Å²) in [6, 6.07) is 5.32. The van der Waals surface area contributed by atoms with Crippen molar-refractivity contribution in [3.8, 4) is 0 Å². The average molecular weight is 404 g/mol. The number of esters is 1. The first-order chi connectivity index (χ1) is 11.7. The van der Waals surface area contributed by atoms with E-state index in [9.17, 15) is 18.0 Å². The Bertz CT molecular complexity index is 808. The third-order valence-electron chi connectivity index (χ3n) is 4.04. The fourth-order valence-electron chi connectivity index (χ4n) is 2.83. The lowest BCUT2D eigenvalue weighted by Gasteiger charge is -2.24. The van der Waals surface area contributed by atoms with Gasteiger partial charge in [0.15, 0.2) is 9.84 Å². The van der Waals surface area contributed by atoms with Crippen LogP contribution in [0.1, 0.15) is 19.8 Å². The van der Waals surface area contributed by atoms with Gasteiger partial charge >= 0.3 is 5.97 Å². The standard InChI is InChI=1S/C16H18ClNO5S2/c1-10(19)7-15(24)18-9-11(8-13(18)16(20)23-2)25(21,22)14-6-4-3-5-12(14)17/h3-6,11,13H,7-9H2,1-2H3/t11-,13+/m1/s1. The molecule has 0 aliphatic carbocycles. The highest BCUT2D eigenvalue weighted by atomic mass is 35.5. The molecule has 1 aromatic rings. The van der Waals surface area contributed by atoms with Crippen LogP contribution >= 0.6 is 23.8 Å². The van der Waals surface area contributed by atoms with E-state index < -0.39 is 27.1 Å². The molecule has 1 aliphatic heterocycles. The molecule has 1 fully saturated rings. The molecule has 0 unspecified atom stereocenters. The fraction of sp³-hybridized carbons (Fsp3) is 0.438. The topological polar surface area (TPSA) is 80.8 Å². The summed E-state index contributed by atoms with van der Waals surface area (Å²) in [5, 5.41) is -0.747. The number of Topliss-reactive ketones (excluding diaryl/α,β-unsaturated/α-hetero) is 1. The van der Waals surface area contributed by atoms with Gasteiger partial charge in [0.25, 0.3) is 0 Å². The summed E-state index contributed by atoms with van der Waals surface area (Å²) < 4.78 is 30.6. The van der Waals surface area contributed by atoms with E-state index in [0.29, 0.717) is 0 Å². The van der Waals surface area contributed by atoms with Crippen LogP contribution < -0.4 is 0 Å². The number of likely N-dealkylation sites (tertiary alicyclic amines) is 1. The second kappa shape index (κ2) is 7.80. The highest BCUT2D eigenvalue weighted by Crippen LogP contribution is 2.32. The smallest absolute Gasteiger partial charge is 0.328 e. The van der Waals surface area contributed by atoms with Crippen LogP contribution in [-0.4, -0.2) is 55.0 Å². The molecule has 2 rings (SSSR count). The predicted molar refractivity (Wildman–Crippen MR) is 97.4 cm³/mol. The number of sulfone groups is 1. The van der Waals surface area contributed by atoms with Gasteiger partial charge in [-0.05, 0) is 25.5 Å². The highest BCUT2D eigenvalue weighted by Gasteiger charge is 2.45. The van der Waals surface area contributed by atoms with E-state index in [4.69, 9.17) is 28.6 Å². The number of halogens is 1. The maximum Gasteiger partial charge on any atom is 0.328 e. The lowest BCUT2D eigenvalue weighted by molar-refractivity contribution is -0.144. The molecule has 0 bridgehead atoms. The van der Waals surface area contributed by atoms with Crippen molar-refractivity contribution in [1.29, 1.82) is 0 Å². The summed E-state index contributed by atoms with van der Waals surface area (Å²) in [5.41, 5.74) is 0. The second-order valence-electron chi connectivity index (χ2n) is 5.80. The Morgan fingerprint density at radius 1 is 1.36 bits per heavy atom. The molecule has 1 heterocycles. The molecule has 0 spiro atoms. The third kappa shape index (κ3) is 4.19. The van der Waals surface area contributed by atoms with Crippen molar-refractivity contribution in [3.05, 3.63) is 29.3 Å². The van der Waals surface area contributed by atoms with E-state index in [1.165, 1.54) is 31.1 Å². The van der Waals surface area contributed by atoms with Gasteiger partial charge in [0.05, 0.1) is 33.7 Å². The summed E-state index contributed by atoms with van der Waals surface area (Å²) in [7, 11) is -2.54. The first kappa shape index (κ1) is 19.8. The molecule has 0 amide bonds. The van der Waals surface area contributed by atoms with Gasteiger partial charge in [-0.15, -0.1) is 0 Å². The van der Waals surface area contributed by atoms with E-state index in [-0.39, 0.29) is 40.1 Å². The van der Waals surface area contributed by atoms with Crippen LogP contribution in [0.4, 0.5) is 0 Å². The molecule has 1 saturated heterocycles. The molecule has 9 heteroatoms. The van der Waals surface area contributed by atoms with Gasteiger partial charge in [0, 0.05) is 6.54 Å². The van der Waals surface area contributed by atoms with Crippen molar-refractivity contribution in [2.75, 3.05) is 13.7 Å². The van der Waals surface area contributed by atoms with Crippen LogP contribution in [0.15, 0.2) is 29.2 Å². The van der Waals surface area contributed by atoms with Crippen molar-refractivity contribution in [2.45, 2.75) is 36.0 Å². The number of carbonyl (C=O) groups is 2. The minimum Gasteiger partial charge on any atom is -0.467 e. The van der Waals surface area contributed by atoms with Gasteiger partial charge in [-0.2, -0.15) is 0 Å². The molecular formula is C16H18ClNO5S2. The van der Waals surface area contributed by atoms with Crippen molar-refractivity contribution >= 4 is 50.4 Å². The van der Waals surface area contributed by atoms with Crippen LogP contribution in [0.5, 0.6) is 0 Å². The van der Waals surface area contributed by atoms with Crippen molar-refractivity contribution < 1.29 is 22.7 Å². The van der Waals surface area contributed by atoms with Crippen molar-refractivity contribution in [3.63, 3.8) is 0 Å². The number of ketones is 1. The largest absolute Gasteiger partial charge is 0.467 e. The lowest BCUT2D eigenvalue weighted by atomic mass is 10.2. The number of carbonyl (C=O) groups excluding carboxylic acids is 2. The van der Waals surface area contributed by atoms with Crippen LogP contribution in [0.2, 0.25) is 5.02 Å². The summed E-state index contributed by atoms with van der Waals surface area (Å²) in [4.78, 5) is 25.1. The van der Waals surface area contributed by atoms with Crippen molar-refractivity contribution in [1.82, 2.24) is 4.90 Å². The van der Waals surface area contributed by atoms with Crippen LogP contribution in [0.25, 0.3) is 0 Å². The minimum absolute atomic E-state index is 0.0133. The monoisotopic (exact) mass is 403 g/mol. The SMILES string of the molecule is COC(=O)[C@@H]1C[C@@H](S(=O)(=O)c2ccccc2Cl)CN1C(=S)CC(C)=O. The predicted octanol–water partition coefficient (Wildman–Crippen LogP) is 2.04. The van der Waals surface area contributed by atoms with Gasteiger partial charge in [0.1, 0.15) is 11.8 Å². The quantitative estimate of drug-likeness (QED) is 0.549. The zero-order valence-electron chi connectivity index (χ0n) is 13.8. The maximum atomic E-state index is 12.9. The van der Waals surface area contributed by atoms with Gasteiger partial charge < -0.3 is 9.64 Å². The molecule has 136 valence electrons. The van der Waals surface area contributed by atoms with Crippen LogP contribution in [-0.2, 0) is 24.2 Å². The number of benzene rings is 1. The Morgan fingerprint density at radius 3 is 2.56 bits per heavy atom. The molecular weight excluding hydrogens is 386 g/mol. The second-order valence-corrected chi connectivity index (χ2v) is 8.87. The molecule has 2 atom stereocenters. The molecule has 0 radical (unpaired) electrons. The lowest BCUT2D eigenvalue weighted by Crippen LogP contribution is -2.41. The number of methoxy groups -OCH3 is 1. The summed E-state index contributed by atoms with van der Waals surface area (Å²) in [5.74, 6) is -0.742. The van der Waals surface area contributed by atoms with Gasteiger partial charge in [-0.3, -0.25) is 4.79 Å². The first-order valence-corrected chi connectivity index (χ1v) is 9.87. The fourth-order valence-corrected chi connectivity index (χ4v) is 5.45. The van der Waals surface area contributed by atoms with Gasteiger partial charge in [-0.1, -0.05) is 36.0 Å². The average Bonchev–Trinajstić information content (AvgIpc) is 3.00. The normalized spacial score (nSPS) is 20.4. The Balaban J connectivity index is 2.35. The molecule has 0 aromatic heterocycles. The first-order valence-electron chi connectivity index (χ1n) is 7.53. The number of ether oxygens (including phenoxy) is 1.